The van der Waals surface area contributed by atoms with E-state index in [9.17, 15) is 9.18 Å². The van der Waals surface area contributed by atoms with Gasteiger partial charge in [0.05, 0.1) is 25.1 Å². The Balaban J connectivity index is 1.46. The molecule has 0 spiro atoms. The van der Waals surface area contributed by atoms with E-state index in [-0.39, 0.29) is 11.7 Å². The summed E-state index contributed by atoms with van der Waals surface area (Å²) in [5.41, 5.74) is 4.19. The van der Waals surface area contributed by atoms with Crippen molar-refractivity contribution in [3.05, 3.63) is 83.9 Å². The van der Waals surface area contributed by atoms with Crippen molar-refractivity contribution in [2.75, 3.05) is 13.7 Å². The Bertz CT molecular complexity index is 1250. The minimum Gasteiger partial charge on any atom is -0.493 e. The molecule has 170 valence electrons. The Kier molecular flexibility index (Phi) is 6.88. The second-order valence-electron chi connectivity index (χ2n) is 7.54. The Morgan fingerprint density at radius 1 is 1.09 bits per heavy atom. The average Bonchev–Trinajstić information content (AvgIpc) is 3.21. The van der Waals surface area contributed by atoms with Crippen LogP contribution < -0.4 is 14.8 Å². The van der Waals surface area contributed by atoms with Crippen LogP contribution in [0.4, 0.5) is 4.39 Å². The number of nitrogens with one attached hydrogen (secondary N) is 1. The monoisotopic (exact) mass is 447 g/mol. The van der Waals surface area contributed by atoms with E-state index in [0.29, 0.717) is 37.5 Å². The predicted octanol–water partition coefficient (Wildman–Crippen LogP) is 4.80. The topological polar surface area (TPSA) is 64.9 Å². The molecule has 1 amide bonds. The van der Waals surface area contributed by atoms with E-state index < -0.39 is 0 Å². The van der Waals surface area contributed by atoms with Crippen LogP contribution in [-0.4, -0.2) is 29.0 Å². The van der Waals surface area contributed by atoms with E-state index in [4.69, 9.17) is 14.5 Å². The summed E-state index contributed by atoms with van der Waals surface area (Å²) in [7, 11) is 1.59. The highest BCUT2D eigenvalue weighted by Crippen LogP contribution is 2.28. The van der Waals surface area contributed by atoms with Crippen LogP contribution in [0.2, 0.25) is 0 Å². The molecule has 33 heavy (non-hydrogen) atoms. The minimum atomic E-state index is -0.297. The summed E-state index contributed by atoms with van der Waals surface area (Å²) in [6.45, 7) is 2.86. The maximum absolute atomic E-state index is 13.4. The van der Waals surface area contributed by atoms with Crippen LogP contribution in [-0.2, 0) is 17.8 Å². The third-order valence-electron chi connectivity index (χ3n) is 5.35. The molecule has 0 aliphatic carbocycles. The summed E-state index contributed by atoms with van der Waals surface area (Å²) in [6, 6.07) is 17.6. The number of carbonyl (C=O) groups excluding carboxylic acids is 1. The molecule has 2 heterocycles. The van der Waals surface area contributed by atoms with Gasteiger partial charge in [0.1, 0.15) is 11.5 Å². The first kappa shape index (κ1) is 22.3. The van der Waals surface area contributed by atoms with Crippen LogP contribution in [0.15, 0.2) is 66.9 Å². The second kappa shape index (κ2) is 10.2. The zero-order valence-corrected chi connectivity index (χ0v) is 18.7. The molecule has 4 rings (SSSR count). The van der Waals surface area contributed by atoms with Crippen molar-refractivity contribution in [1.29, 1.82) is 0 Å². The third-order valence-corrected chi connectivity index (χ3v) is 5.35. The minimum absolute atomic E-state index is 0.0706. The summed E-state index contributed by atoms with van der Waals surface area (Å²) >= 11 is 0. The molecule has 0 saturated heterocycles. The Hall–Kier alpha value is -3.87. The second-order valence-corrected chi connectivity index (χ2v) is 7.54. The SMILES string of the molecule is CCOc1ccc(CNC(=O)CCc2c(-c3ccc(F)cc3)nc3ccccn23)cc1OC. The molecule has 4 aromatic rings. The fraction of sp³-hybridized carbons (Fsp3) is 0.231. The normalized spacial score (nSPS) is 10.9. The lowest BCUT2D eigenvalue weighted by Gasteiger charge is -2.12. The van der Waals surface area contributed by atoms with Gasteiger partial charge in [0.25, 0.3) is 0 Å². The number of benzene rings is 2. The summed E-state index contributed by atoms with van der Waals surface area (Å²) in [6.07, 6.45) is 2.72. The number of hydrogen-bond donors (Lipinski definition) is 1. The van der Waals surface area contributed by atoms with Crippen LogP contribution in [0.25, 0.3) is 16.9 Å². The Labute approximate surface area is 192 Å². The first-order valence-electron chi connectivity index (χ1n) is 10.9. The number of pyridine rings is 1. The molecule has 0 fully saturated rings. The van der Waals surface area contributed by atoms with Crippen LogP contribution >= 0.6 is 0 Å². The van der Waals surface area contributed by atoms with E-state index >= 15 is 0 Å². The first-order chi connectivity index (χ1) is 16.1. The van der Waals surface area contributed by atoms with Crippen LogP contribution in [0, 0.1) is 5.82 Å². The number of aromatic nitrogens is 2. The van der Waals surface area contributed by atoms with Gasteiger partial charge in [-0.2, -0.15) is 0 Å². The van der Waals surface area contributed by atoms with Gasteiger partial charge in [0.15, 0.2) is 11.5 Å². The number of halogens is 1. The number of rotatable bonds is 9. The molecule has 2 aromatic heterocycles. The smallest absolute Gasteiger partial charge is 0.220 e. The number of methoxy groups -OCH3 is 1. The molecule has 0 aliphatic heterocycles. The fourth-order valence-electron chi connectivity index (χ4n) is 3.74. The van der Waals surface area contributed by atoms with Crippen LogP contribution in [0.3, 0.4) is 0 Å². The molecule has 0 bridgehead atoms. The highest BCUT2D eigenvalue weighted by Gasteiger charge is 2.15. The van der Waals surface area contributed by atoms with Crippen molar-refractivity contribution >= 4 is 11.6 Å². The van der Waals surface area contributed by atoms with E-state index in [2.05, 4.69) is 5.32 Å². The standard InChI is InChI=1S/C26H26FN3O3/c1-3-33-22-13-7-18(16-23(22)32-2)17-28-25(31)14-12-21-26(19-8-10-20(27)11-9-19)29-24-6-4-5-15-30(21)24/h4-11,13,15-16H,3,12,14,17H2,1-2H3,(H,28,31). The maximum atomic E-state index is 13.4. The lowest BCUT2D eigenvalue weighted by Crippen LogP contribution is -2.23. The van der Waals surface area contributed by atoms with Gasteiger partial charge in [0.2, 0.25) is 5.91 Å². The summed E-state index contributed by atoms with van der Waals surface area (Å²) < 4.78 is 26.3. The van der Waals surface area contributed by atoms with Gasteiger partial charge in [-0.1, -0.05) is 12.1 Å². The zero-order valence-electron chi connectivity index (χ0n) is 18.7. The quantitative estimate of drug-likeness (QED) is 0.400. The van der Waals surface area contributed by atoms with Crippen molar-refractivity contribution < 1.29 is 18.7 Å². The number of fused-ring (bicyclic) bond motifs is 1. The van der Waals surface area contributed by atoms with E-state index in [0.717, 1.165) is 28.2 Å². The van der Waals surface area contributed by atoms with Crippen molar-refractivity contribution in [2.24, 2.45) is 0 Å². The average molecular weight is 448 g/mol. The molecule has 0 aliphatic rings. The molecule has 2 aromatic carbocycles. The number of nitrogens with zero attached hydrogens (tertiary/aromatic N) is 2. The number of amides is 1. The molecule has 7 heteroatoms. The molecule has 0 radical (unpaired) electrons. The lowest BCUT2D eigenvalue weighted by molar-refractivity contribution is -0.121. The number of carbonyl (C=O) groups is 1. The highest BCUT2D eigenvalue weighted by molar-refractivity contribution is 5.77. The summed E-state index contributed by atoms with van der Waals surface area (Å²) in [5, 5.41) is 2.96. The third kappa shape index (κ3) is 5.14. The van der Waals surface area contributed by atoms with Crippen molar-refractivity contribution in [3.8, 4) is 22.8 Å². The van der Waals surface area contributed by atoms with Crippen molar-refractivity contribution in [1.82, 2.24) is 14.7 Å². The highest BCUT2D eigenvalue weighted by atomic mass is 19.1. The van der Waals surface area contributed by atoms with Crippen molar-refractivity contribution in [3.63, 3.8) is 0 Å². The van der Waals surface area contributed by atoms with E-state index in [1.54, 1.807) is 19.2 Å². The van der Waals surface area contributed by atoms with Gasteiger partial charge in [-0.05, 0) is 67.4 Å². The Morgan fingerprint density at radius 3 is 2.67 bits per heavy atom. The fourth-order valence-corrected chi connectivity index (χ4v) is 3.74. The number of aryl methyl sites for hydroxylation is 1. The summed E-state index contributed by atoms with van der Waals surface area (Å²) in [5.74, 6) is 0.947. The van der Waals surface area contributed by atoms with Gasteiger partial charge in [0, 0.05) is 24.7 Å². The number of ether oxygens (including phenoxy) is 2. The van der Waals surface area contributed by atoms with Gasteiger partial charge in [-0.25, -0.2) is 9.37 Å². The van der Waals surface area contributed by atoms with Gasteiger partial charge >= 0.3 is 0 Å². The molecule has 6 nitrogen and oxygen atoms in total. The largest absolute Gasteiger partial charge is 0.493 e. The molecular weight excluding hydrogens is 421 g/mol. The maximum Gasteiger partial charge on any atom is 0.220 e. The van der Waals surface area contributed by atoms with Crippen LogP contribution in [0.5, 0.6) is 11.5 Å². The van der Waals surface area contributed by atoms with Crippen molar-refractivity contribution in [2.45, 2.75) is 26.3 Å². The molecule has 1 N–H and O–H groups in total. The molecular formula is C26H26FN3O3. The number of imidazole rings is 1. The molecule has 0 unspecified atom stereocenters. The number of hydrogen-bond acceptors (Lipinski definition) is 4. The van der Waals surface area contributed by atoms with E-state index in [1.807, 2.05) is 53.9 Å². The zero-order chi connectivity index (χ0) is 23.2. The van der Waals surface area contributed by atoms with E-state index in [1.165, 1.54) is 12.1 Å². The predicted molar refractivity (Wildman–Crippen MR) is 125 cm³/mol. The molecule has 0 saturated carbocycles. The van der Waals surface area contributed by atoms with Gasteiger partial charge in [-0.3, -0.25) is 4.79 Å². The lowest BCUT2D eigenvalue weighted by atomic mass is 10.1. The van der Waals surface area contributed by atoms with Gasteiger partial charge in [-0.15, -0.1) is 0 Å². The van der Waals surface area contributed by atoms with Gasteiger partial charge < -0.3 is 19.2 Å². The molecule has 0 atom stereocenters. The first-order valence-corrected chi connectivity index (χ1v) is 10.9. The Morgan fingerprint density at radius 2 is 1.91 bits per heavy atom. The van der Waals surface area contributed by atoms with Crippen LogP contribution in [0.1, 0.15) is 24.6 Å². The summed E-state index contributed by atoms with van der Waals surface area (Å²) in [4.78, 5) is 17.3.